The lowest BCUT2D eigenvalue weighted by Gasteiger charge is -2.31. The van der Waals surface area contributed by atoms with E-state index in [-0.39, 0.29) is 30.4 Å². The van der Waals surface area contributed by atoms with E-state index in [1.54, 1.807) is 24.0 Å². The summed E-state index contributed by atoms with van der Waals surface area (Å²) in [6, 6.07) is 7.37. The monoisotopic (exact) mass is 347 g/mol. The summed E-state index contributed by atoms with van der Waals surface area (Å²) in [6.45, 7) is 5.17. The summed E-state index contributed by atoms with van der Waals surface area (Å²) in [7, 11) is 0. The van der Waals surface area contributed by atoms with Gasteiger partial charge in [0.25, 0.3) is 0 Å². The number of rotatable bonds is 5. The molecule has 0 spiro atoms. The molecule has 1 aliphatic heterocycles. The van der Waals surface area contributed by atoms with E-state index in [9.17, 15) is 14.4 Å². The number of nitrogens with zero attached hydrogens (tertiary/aromatic N) is 1. The van der Waals surface area contributed by atoms with Gasteiger partial charge in [-0.3, -0.25) is 9.59 Å². The molecule has 1 aromatic carbocycles. The van der Waals surface area contributed by atoms with Crippen molar-refractivity contribution in [2.75, 3.05) is 25.0 Å². The van der Waals surface area contributed by atoms with Gasteiger partial charge in [0.1, 0.15) is 6.42 Å². The Morgan fingerprint density at radius 1 is 1.12 bits per heavy atom. The highest BCUT2D eigenvalue weighted by atomic mass is 16.6. The molecule has 2 rings (SSSR count). The van der Waals surface area contributed by atoms with Crippen LogP contribution in [0.1, 0.15) is 31.7 Å². The highest BCUT2D eigenvalue weighted by Gasteiger charge is 2.24. The van der Waals surface area contributed by atoms with Crippen LogP contribution in [0.4, 0.5) is 10.5 Å². The minimum Gasteiger partial charge on any atom is -0.450 e. The third-order valence-electron chi connectivity index (χ3n) is 4.04. The van der Waals surface area contributed by atoms with Gasteiger partial charge >= 0.3 is 6.09 Å². The average Bonchev–Trinajstić information content (AvgIpc) is 2.57. The molecule has 7 nitrogen and oxygen atoms in total. The van der Waals surface area contributed by atoms with Gasteiger partial charge < -0.3 is 20.3 Å². The summed E-state index contributed by atoms with van der Waals surface area (Å²) in [5.74, 6) is -0.649. The van der Waals surface area contributed by atoms with Crippen LogP contribution in [0.3, 0.4) is 0 Å². The zero-order chi connectivity index (χ0) is 18.2. The van der Waals surface area contributed by atoms with E-state index >= 15 is 0 Å². The van der Waals surface area contributed by atoms with Crippen molar-refractivity contribution >= 4 is 23.6 Å². The summed E-state index contributed by atoms with van der Waals surface area (Å²) >= 11 is 0. The van der Waals surface area contributed by atoms with Gasteiger partial charge in [0.2, 0.25) is 11.8 Å². The largest absolute Gasteiger partial charge is 0.450 e. The van der Waals surface area contributed by atoms with E-state index in [2.05, 4.69) is 10.6 Å². The minimum absolute atomic E-state index is 0.0228. The SMILES string of the molecule is CCOC(=O)N1CCC(NC(=O)CC(=O)Nc2ccc(C)cc2)CC1. The second kappa shape index (κ2) is 9.05. The number of carbonyl (C=O) groups is 3. The number of piperidine rings is 1. The lowest BCUT2D eigenvalue weighted by molar-refractivity contribution is -0.127. The number of carbonyl (C=O) groups excluding carboxylic acids is 3. The minimum atomic E-state index is -0.342. The number of amides is 3. The fourth-order valence-electron chi connectivity index (χ4n) is 2.69. The van der Waals surface area contributed by atoms with Gasteiger partial charge in [-0.1, -0.05) is 17.7 Å². The fourth-order valence-corrected chi connectivity index (χ4v) is 2.69. The molecule has 25 heavy (non-hydrogen) atoms. The number of ether oxygens (including phenoxy) is 1. The normalized spacial score (nSPS) is 14.7. The zero-order valence-corrected chi connectivity index (χ0v) is 14.7. The quantitative estimate of drug-likeness (QED) is 0.798. The zero-order valence-electron chi connectivity index (χ0n) is 14.7. The van der Waals surface area contributed by atoms with Crippen LogP contribution in [0.5, 0.6) is 0 Å². The van der Waals surface area contributed by atoms with Crippen LogP contribution < -0.4 is 10.6 Å². The number of hydrogen-bond donors (Lipinski definition) is 2. The molecule has 0 aliphatic carbocycles. The van der Waals surface area contributed by atoms with Crippen molar-refractivity contribution in [2.24, 2.45) is 0 Å². The van der Waals surface area contributed by atoms with E-state index in [0.29, 0.717) is 38.2 Å². The second-order valence-electron chi connectivity index (χ2n) is 6.12. The Morgan fingerprint density at radius 3 is 2.36 bits per heavy atom. The van der Waals surface area contributed by atoms with Crippen LogP contribution in [0.25, 0.3) is 0 Å². The first-order valence-corrected chi connectivity index (χ1v) is 8.55. The molecule has 1 aliphatic rings. The van der Waals surface area contributed by atoms with Crippen molar-refractivity contribution in [3.63, 3.8) is 0 Å². The molecule has 7 heteroatoms. The number of nitrogens with one attached hydrogen (secondary N) is 2. The van der Waals surface area contributed by atoms with Crippen LogP contribution in [-0.2, 0) is 14.3 Å². The molecule has 0 saturated carbocycles. The molecule has 136 valence electrons. The summed E-state index contributed by atoms with van der Waals surface area (Å²) in [6.07, 6.45) is 0.782. The number of benzene rings is 1. The summed E-state index contributed by atoms with van der Waals surface area (Å²) in [5.41, 5.74) is 1.77. The molecule has 1 aromatic rings. The molecule has 0 atom stereocenters. The molecule has 0 radical (unpaired) electrons. The molecule has 1 fully saturated rings. The molecule has 0 unspecified atom stereocenters. The first-order valence-electron chi connectivity index (χ1n) is 8.55. The molecule has 1 heterocycles. The maximum Gasteiger partial charge on any atom is 0.409 e. The van der Waals surface area contributed by atoms with E-state index in [4.69, 9.17) is 4.74 Å². The highest BCUT2D eigenvalue weighted by Crippen LogP contribution is 2.12. The van der Waals surface area contributed by atoms with E-state index in [1.807, 2.05) is 19.1 Å². The van der Waals surface area contributed by atoms with Crippen molar-refractivity contribution in [1.82, 2.24) is 10.2 Å². The Kier molecular flexibility index (Phi) is 6.80. The highest BCUT2D eigenvalue weighted by molar-refractivity contribution is 6.03. The lowest BCUT2D eigenvalue weighted by Crippen LogP contribution is -2.47. The van der Waals surface area contributed by atoms with E-state index in [1.165, 1.54) is 0 Å². The fraction of sp³-hybridized carbons (Fsp3) is 0.500. The predicted octanol–water partition coefficient (Wildman–Crippen LogP) is 2.06. The van der Waals surface area contributed by atoms with Crippen LogP contribution >= 0.6 is 0 Å². The summed E-state index contributed by atoms with van der Waals surface area (Å²) in [4.78, 5) is 37.2. The summed E-state index contributed by atoms with van der Waals surface area (Å²) < 4.78 is 4.96. The van der Waals surface area contributed by atoms with Gasteiger partial charge in [-0.05, 0) is 38.8 Å². The first-order chi connectivity index (χ1) is 12.0. The maximum atomic E-state index is 12.0. The van der Waals surface area contributed by atoms with Crippen molar-refractivity contribution in [3.05, 3.63) is 29.8 Å². The topological polar surface area (TPSA) is 87.7 Å². The molecule has 3 amide bonds. The van der Waals surface area contributed by atoms with Gasteiger partial charge in [-0.15, -0.1) is 0 Å². The van der Waals surface area contributed by atoms with Crippen molar-refractivity contribution < 1.29 is 19.1 Å². The smallest absolute Gasteiger partial charge is 0.409 e. The van der Waals surface area contributed by atoms with Crippen molar-refractivity contribution in [1.29, 1.82) is 0 Å². The third-order valence-corrected chi connectivity index (χ3v) is 4.04. The maximum absolute atomic E-state index is 12.0. The Hall–Kier alpha value is -2.57. The van der Waals surface area contributed by atoms with Gasteiger partial charge in [0, 0.05) is 24.8 Å². The number of aryl methyl sites for hydroxylation is 1. The molecular formula is C18H25N3O4. The lowest BCUT2D eigenvalue weighted by atomic mass is 10.1. The number of likely N-dealkylation sites (tertiary alicyclic amines) is 1. The second-order valence-corrected chi connectivity index (χ2v) is 6.12. The van der Waals surface area contributed by atoms with Gasteiger partial charge in [-0.2, -0.15) is 0 Å². The Bertz CT molecular complexity index is 607. The third kappa shape index (κ3) is 6.10. The predicted molar refractivity (Wildman–Crippen MR) is 94.2 cm³/mol. The molecule has 2 N–H and O–H groups in total. The molecule has 0 aromatic heterocycles. The van der Waals surface area contributed by atoms with Gasteiger partial charge in [-0.25, -0.2) is 4.79 Å². The Labute approximate surface area is 147 Å². The Balaban J connectivity index is 1.71. The number of anilines is 1. The van der Waals surface area contributed by atoms with Gasteiger partial charge in [0.15, 0.2) is 0 Å². The van der Waals surface area contributed by atoms with Crippen LogP contribution in [0, 0.1) is 6.92 Å². The van der Waals surface area contributed by atoms with Crippen LogP contribution in [0.15, 0.2) is 24.3 Å². The molecular weight excluding hydrogens is 322 g/mol. The van der Waals surface area contributed by atoms with Crippen LogP contribution in [0.2, 0.25) is 0 Å². The Morgan fingerprint density at radius 2 is 1.76 bits per heavy atom. The first kappa shape index (κ1) is 18.8. The van der Waals surface area contributed by atoms with Crippen LogP contribution in [-0.4, -0.2) is 48.5 Å². The average molecular weight is 347 g/mol. The van der Waals surface area contributed by atoms with Crippen molar-refractivity contribution in [3.8, 4) is 0 Å². The summed E-state index contributed by atoms with van der Waals surface area (Å²) in [5, 5.41) is 5.56. The molecule has 0 bridgehead atoms. The van der Waals surface area contributed by atoms with E-state index in [0.717, 1.165) is 5.56 Å². The molecule has 1 saturated heterocycles. The number of hydrogen-bond acceptors (Lipinski definition) is 4. The van der Waals surface area contributed by atoms with E-state index < -0.39 is 0 Å². The standard InChI is InChI=1S/C18H25N3O4/c1-3-25-18(24)21-10-8-15(9-11-21)20-17(23)12-16(22)19-14-6-4-13(2)5-7-14/h4-7,15H,3,8-12H2,1-2H3,(H,19,22)(H,20,23). The van der Waals surface area contributed by atoms with Gasteiger partial charge in [0.05, 0.1) is 6.61 Å². The van der Waals surface area contributed by atoms with Crippen molar-refractivity contribution in [2.45, 2.75) is 39.2 Å².